The lowest BCUT2D eigenvalue weighted by atomic mass is 10.1. The molecule has 0 aromatic carbocycles. The lowest BCUT2D eigenvalue weighted by molar-refractivity contribution is -0.131. The Bertz CT molecular complexity index is 449. The van der Waals surface area contributed by atoms with Crippen LogP contribution in [-0.4, -0.2) is 64.5 Å². The van der Waals surface area contributed by atoms with Crippen LogP contribution < -0.4 is 5.32 Å². The number of imide groups is 1. The molecule has 2 N–H and O–H groups in total. The number of amides is 3. The summed E-state index contributed by atoms with van der Waals surface area (Å²) in [6, 6.07) is -0.0358. The molecule has 20 heavy (non-hydrogen) atoms. The molecule has 2 aliphatic heterocycles. The Hall–Kier alpha value is -1.89. The molecule has 2 fully saturated rings. The molecule has 2 unspecified atom stereocenters. The summed E-state index contributed by atoms with van der Waals surface area (Å²) >= 11 is 0. The molecule has 2 saturated heterocycles. The predicted octanol–water partition coefficient (Wildman–Crippen LogP) is 0.0319. The van der Waals surface area contributed by atoms with Crippen LogP contribution in [0.3, 0.4) is 0 Å². The second-order valence-corrected chi connectivity index (χ2v) is 5.26. The summed E-state index contributed by atoms with van der Waals surface area (Å²) in [5.41, 5.74) is 0. The van der Waals surface area contributed by atoms with Crippen LogP contribution in [0.15, 0.2) is 12.2 Å². The number of carbonyl (C=O) groups excluding carboxylic acids is 2. The molecular formula is C13H19N3O4. The number of hydrogen-bond donors (Lipinski definition) is 2. The van der Waals surface area contributed by atoms with Gasteiger partial charge in [-0.15, -0.1) is 0 Å². The van der Waals surface area contributed by atoms with E-state index in [1.165, 1.54) is 0 Å². The molecule has 0 radical (unpaired) electrons. The molecule has 0 aromatic rings. The molecule has 0 spiro atoms. The molecule has 2 rings (SSSR count). The summed E-state index contributed by atoms with van der Waals surface area (Å²) in [7, 11) is 0. The van der Waals surface area contributed by atoms with Crippen molar-refractivity contribution in [2.75, 3.05) is 19.6 Å². The van der Waals surface area contributed by atoms with Gasteiger partial charge in [-0.3, -0.25) is 15.0 Å². The van der Waals surface area contributed by atoms with Crippen LogP contribution in [0.25, 0.3) is 0 Å². The van der Waals surface area contributed by atoms with Gasteiger partial charge in [0.15, 0.2) is 0 Å². The minimum Gasteiger partial charge on any atom is -0.478 e. The molecule has 2 aliphatic rings. The number of carboxylic acids is 1. The molecule has 0 bridgehead atoms. The monoisotopic (exact) mass is 281 g/mol. The Morgan fingerprint density at radius 1 is 1.25 bits per heavy atom. The van der Waals surface area contributed by atoms with E-state index in [1.807, 2.05) is 6.92 Å². The van der Waals surface area contributed by atoms with Crippen LogP contribution in [0, 0.1) is 0 Å². The van der Waals surface area contributed by atoms with Gasteiger partial charge >= 0.3 is 12.0 Å². The molecule has 0 aromatic heterocycles. The minimum atomic E-state index is -1.22. The van der Waals surface area contributed by atoms with Gasteiger partial charge in [0.05, 0.1) is 0 Å². The van der Waals surface area contributed by atoms with E-state index in [4.69, 9.17) is 5.11 Å². The quantitative estimate of drug-likeness (QED) is 0.697. The number of aliphatic carboxylic acids is 1. The first-order chi connectivity index (χ1) is 9.47. The SMILES string of the molecule is CC1CN2CCCC2CN1C(=O)NC(=O)/C=C/C(=O)O. The molecular weight excluding hydrogens is 262 g/mol. The fourth-order valence-corrected chi connectivity index (χ4v) is 2.84. The van der Waals surface area contributed by atoms with Crippen molar-refractivity contribution in [2.24, 2.45) is 0 Å². The van der Waals surface area contributed by atoms with E-state index in [0.29, 0.717) is 18.7 Å². The van der Waals surface area contributed by atoms with Crippen LogP contribution in [0.4, 0.5) is 4.79 Å². The smallest absolute Gasteiger partial charge is 0.328 e. The van der Waals surface area contributed by atoms with Crippen LogP contribution in [-0.2, 0) is 9.59 Å². The van der Waals surface area contributed by atoms with Crippen molar-refractivity contribution in [1.29, 1.82) is 0 Å². The van der Waals surface area contributed by atoms with Crippen molar-refractivity contribution in [2.45, 2.75) is 31.8 Å². The molecule has 7 heteroatoms. The maximum Gasteiger partial charge on any atom is 0.328 e. The molecule has 0 saturated carbocycles. The van der Waals surface area contributed by atoms with E-state index in [2.05, 4.69) is 10.2 Å². The van der Waals surface area contributed by atoms with Gasteiger partial charge in [-0.1, -0.05) is 0 Å². The standard InChI is InChI=1S/C13H19N3O4/c1-9-7-15-6-2-3-10(15)8-16(9)13(20)14-11(17)4-5-12(18)19/h4-5,9-10H,2-3,6-8H2,1H3,(H,18,19)(H,14,17,20)/b5-4+. The van der Waals surface area contributed by atoms with E-state index in [1.54, 1.807) is 4.90 Å². The van der Waals surface area contributed by atoms with Crippen molar-refractivity contribution in [3.8, 4) is 0 Å². The zero-order valence-electron chi connectivity index (χ0n) is 11.4. The van der Waals surface area contributed by atoms with Gasteiger partial charge < -0.3 is 10.0 Å². The second-order valence-electron chi connectivity index (χ2n) is 5.26. The highest BCUT2D eigenvalue weighted by Crippen LogP contribution is 2.24. The van der Waals surface area contributed by atoms with Crippen LogP contribution in [0.2, 0.25) is 0 Å². The molecule has 7 nitrogen and oxygen atoms in total. The normalized spacial score (nSPS) is 26.6. The Kier molecular flexibility index (Phi) is 4.39. The van der Waals surface area contributed by atoms with E-state index in [-0.39, 0.29) is 6.04 Å². The van der Waals surface area contributed by atoms with Gasteiger partial charge in [0.25, 0.3) is 5.91 Å². The third kappa shape index (κ3) is 3.36. The number of hydrogen-bond acceptors (Lipinski definition) is 4. The largest absolute Gasteiger partial charge is 0.478 e. The summed E-state index contributed by atoms with van der Waals surface area (Å²) in [5.74, 6) is -1.93. The van der Waals surface area contributed by atoms with E-state index < -0.39 is 17.9 Å². The number of rotatable bonds is 2. The predicted molar refractivity (Wildman–Crippen MR) is 71.1 cm³/mol. The van der Waals surface area contributed by atoms with Crippen molar-refractivity contribution >= 4 is 17.9 Å². The number of urea groups is 1. The number of fused-ring (bicyclic) bond motifs is 1. The van der Waals surface area contributed by atoms with Gasteiger partial charge in [-0.2, -0.15) is 0 Å². The minimum absolute atomic E-state index is 0.0422. The average Bonchev–Trinajstić information content (AvgIpc) is 2.82. The highest BCUT2D eigenvalue weighted by atomic mass is 16.4. The molecule has 110 valence electrons. The third-order valence-corrected chi connectivity index (χ3v) is 3.81. The highest BCUT2D eigenvalue weighted by Gasteiger charge is 2.36. The summed E-state index contributed by atoms with van der Waals surface area (Å²) in [4.78, 5) is 37.8. The Morgan fingerprint density at radius 2 is 2.00 bits per heavy atom. The van der Waals surface area contributed by atoms with Gasteiger partial charge in [-0.05, 0) is 26.3 Å². The van der Waals surface area contributed by atoms with Crippen LogP contribution >= 0.6 is 0 Å². The molecule has 3 amide bonds. The number of carbonyl (C=O) groups is 3. The van der Waals surface area contributed by atoms with Gasteiger partial charge in [-0.25, -0.2) is 9.59 Å². The number of piperazine rings is 1. The van der Waals surface area contributed by atoms with Crippen molar-refractivity contribution in [3.63, 3.8) is 0 Å². The van der Waals surface area contributed by atoms with E-state index in [9.17, 15) is 14.4 Å². The lowest BCUT2D eigenvalue weighted by Gasteiger charge is -2.41. The number of nitrogens with zero attached hydrogens (tertiary/aromatic N) is 2. The van der Waals surface area contributed by atoms with Crippen LogP contribution in [0.1, 0.15) is 19.8 Å². The lowest BCUT2D eigenvalue weighted by Crippen LogP contribution is -2.59. The van der Waals surface area contributed by atoms with Crippen molar-refractivity contribution in [3.05, 3.63) is 12.2 Å². The average molecular weight is 281 g/mol. The number of carboxylic acid groups (broad SMARTS) is 1. The van der Waals surface area contributed by atoms with Gasteiger partial charge in [0.1, 0.15) is 0 Å². The van der Waals surface area contributed by atoms with Gasteiger partial charge in [0, 0.05) is 37.3 Å². The Labute approximate surface area is 117 Å². The van der Waals surface area contributed by atoms with E-state index in [0.717, 1.165) is 32.0 Å². The summed E-state index contributed by atoms with van der Waals surface area (Å²) in [5, 5.41) is 10.6. The maximum absolute atomic E-state index is 12.0. The topological polar surface area (TPSA) is 90.0 Å². The van der Waals surface area contributed by atoms with Crippen molar-refractivity contribution < 1.29 is 19.5 Å². The first-order valence-corrected chi connectivity index (χ1v) is 6.74. The first-order valence-electron chi connectivity index (χ1n) is 6.74. The first kappa shape index (κ1) is 14.5. The fourth-order valence-electron chi connectivity index (χ4n) is 2.84. The fraction of sp³-hybridized carbons (Fsp3) is 0.615. The van der Waals surface area contributed by atoms with Gasteiger partial charge in [0.2, 0.25) is 0 Å². The Balaban J connectivity index is 1.91. The zero-order chi connectivity index (χ0) is 14.7. The third-order valence-electron chi connectivity index (χ3n) is 3.81. The summed E-state index contributed by atoms with van der Waals surface area (Å²) < 4.78 is 0. The number of nitrogens with one attached hydrogen (secondary N) is 1. The Morgan fingerprint density at radius 3 is 2.70 bits per heavy atom. The second kappa shape index (κ2) is 6.04. The highest BCUT2D eigenvalue weighted by molar-refractivity contribution is 6.02. The summed E-state index contributed by atoms with van der Waals surface area (Å²) in [6.07, 6.45) is 3.77. The molecule has 0 aliphatic carbocycles. The van der Waals surface area contributed by atoms with Crippen LogP contribution in [0.5, 0.6) is 0 Å². The molecule has 2 heterocycles. The molecule has 2 atom stereocenters. The zero-order valence-corrected chi connectivity index (χ0v) is 11.4. The van der Waals surface area contributed by atoms with E-state index >= 15 is 0 Å². The van der Waals surface area contributed by atoms with Crippen molar-refractivity contribution in [1.82, 2.24) is 15.1 Å². The maximum atomic E-state index is 12.0. The summed E-state index contributed by atoms with van der Waals surface area (Å²) in [6.45, 7) is 4.45.